The molecule has 1 aromatic heterocycles. The lowest BCUT2D eigenvalue weighted by atomic mass is 9.93. The fourth-order valence-corrected chi connectivity index (χ4v) is 3.46. The van der Waals surface area contributed by atoms with Crippen molar-refractivity contribution in [2.45, 2.75) is 37.6 Å². The van der Waals surface area contributed by atoms with E-state index in [1.54, 1.807) is 29.9 Å². The Morgan fingerprint density at radius 3 is 2.52 bits per heavy atom. The summed E-state index contributed by atoms with van der Waals surface area (Å²) in [6, 6.07) is 7.57. The predicted molar refractivity (Wildman–Crippen MR) is 89.5 cm³/mol. The highest BCUT2D eigenvalue weighted by molar-refractivity contribution is 5.94. The fraction of sp³-hybridized carbons (Fsp3) is 0.389. The van der Waals surface area contributed by atoms with Crippen LogP contribution in [0.25, 0.3) is 11.3 Å². The molecule has 1 fully saturated rings. The van der Waals surface area contributed by atoms with Crippen LogP contribution in [0.1, 0.15) is 42.6 Å². The van der Waals surface area contributed by atoms with Crippen LogP contribution in [0.5, 0.6) is 0 Å². The summed E-state index contributed by atoms with van der Waals surface area (Å²) in [6.07, 6.45) is 3.02. The number of carboxylic acid groups (broad SMARTS) is 1. The summed E-state index contributed by atoms with van der Waals surface area (Å²) in [6.45, 7) is 0. The van der Waals surface area contributed by atoms with Crippen molar-refractivity contribution >= 4 is 11.9 Å². The number of rotatable bonds is 5. The summed E-state index contributed by atoms with van der Waals surface area (Å²) in [5.41, 5.74) is 0.954. The summed E-state index contributed by atoms with van der Waals surface area (Å²) in [5, 5.41) is 16.3. The molecule has 7 heteroatoms. The first kappa shape index (κ1) is 17.1. The van der Waals surface area contributed by atoms with Crippen LogP contribution in [0, 0.1) is 5.82 Å². The lowest BCUT2D eigenvalue weighted by Gasteiger charge is -2.28. The first-order valence-corrected chi connectivity index (χ1v) is 8.23. The third-order valence-electron chi connectivity index (χ3n) is 4.68. The highest BCUT2D eigenvalue weighted by Crippen LogP contribution is 2.33. The molecule has 0 unspecified atom stereocenters. The number of aromatic nitrogens is 2. The fourth-order valence-electron chi connectivity index (χ4n) is 3.46. The van der Waals surface area contributed by atoms with Gasteiger partial charge in [0.1, 0.15) is 5.82 Å². The van der Waals surface area contributed by atoms with Crippen molar-refractivity contribution < 1.29 is 19.1 Å². The average molecular weight is 345 g/mol. The summed E-state index contributed by atoms with van der Waals surface area (Å²) in [7, 11) is 1.71. The lowest BCUT2D eigenvalue weighted by molar-refractivity contribution is -0.138. The van der Waals surface area contributed by atoms with Crippen molar-refractivity contribution in [3.8, 4) is 11.3 Å². The van der Waals surface area contributed by atoms with E-state index >= 15 is 0 Å². The molecule has 1 aliphatic carbocycles. The monoisotopic (exact) mass is 345 g/mol. The van der Waals surface area contributed by atoms with E-state index in [4.69, 9.17) is 5.11 Å². The van der Waals surface area contributed by atoms with Crippen LogP contribution in [0.15, 0.2) is 30.3 Å². The second-order valence-electron chi connectivity index (χ2n) is 6.56. The minimum Gasteiger partial charge on any atom is -0.481 e. The molecular weight excluding hydrogens is 325 g/mol. The van der Waals surface area contributed by atoms with E-state index in [0.29, 0.717) is 18.5 Å². The summed E-state index contributed by atoms with van der Waals surface area (Å²) in [5.74, 6) is -1.64. The molecule has 0 saturated heterocycles. The van der Waals surface area contributed by atoms with Crippen LogP contribution in [0.4, 0.5) is 4.39 Å². The molecule has 3 rings (SSSR count). The molecule has 132 valence electrons. The minimum absolute atomic E-state index is 0.0869. The van der Waals surface area contributed by atoms with Gasteiger partial charge >= 0.3 is 5.97 Å². The summed E-state index contributed by atoms with van der Waals surface area (Å²) in [4.78, 5) is 23.7. The molecule has 0 aliphatic heterocycles. The average Bonchev–Trinajstić information content (AvgIpc) is 3.14. The van der Waals surface area contributed by atoms with Crippen molar-refractivity contribution in [2.24, 2.45) is 7.05 Å². The molecule has 6 nitrogen and oxygen atoms in total. The van der Waals surface area contributed by atoms with E-state index in [-0.39, 0.29) is 23.8 Å². The molecule has 1 heterocycles. The van der Waals surface area contributed by atoms with Gasteiger partial charge in [0.2, 0.25) is 0 Å². The first-order valence-electron chi connectivity index (χ1n) is 8.23. The Morgan fingerprint density at radius 1 is 1.28 bits per heavy atom. The number of amides is 1. The van der Waals surface area contributed by atoms with E-state index in [0.717, 1.165) is 18.4 Å². The topological polar surface area (TPSA) is 84.2 Å². The molecule has 1 amide bonds. The Kier molecular flexibility index (Phi) is 4.57. The number of aryl methyl sites for hydroxylation is 1. The van der Waals surface area contributed by atoms with Crippen molar-refractivity contribution in [1.29, 1.82) is 0 Å². The summed E-state index contributed by atoms with van der Waals surface area (Å²) < 4.78 is 14.6. The van der Waals surface area contributed by atoms with Crippen molar-refractivity contribution in [3.05, 3.63) is 41.8 Å². The van der Waals surface area contributed by atoms with Crippen LogP contribution in [0.3, 0.4) is 0 Å². The molecule has 0 spiro atoms. The Bertz CT molecular complexity index is 792. The van der Waals surface area contributed by atoms with E-state index in [1.165, 1.54) is 12.1 Å². The van der Waals surface area contributed by atoms with Gasteiger partial charge in [-0.1, -0.05) is 12.8 Å². The molecule has 0 radical (unpaired) electrons. The lowest BCUT2D eigenvalue weighted by Crippen LogP contribution is -2.47. The van der Waals surface area contributed by atoms with E-state index in [2.05, 4.69) is 10.4 Å². The Balaban J connectivity index is 1.82. The van der Waals surface area contributed by atoms with Crippen LogP contribution in [-0.2, 0) is 11.8 Å². The van der Waals surface area contributed by atoms with Gasteiger partial charge in [0.05, 0.1) is 17.7 Å². The molecule has 25 heavy (non-hydrogen) atoms. The highest BCUT2D eigenvalue weighted by atomic mass is 19.1. The van der Waals surface area contributed by atoms with Gasteiger partial charge in [-0.15, -0.1) is 0 Å². The van der Waals surface area contributed by atoms with Crippen LogP contribution in [0.2, 0.25) is 0 Å². The quantitative estimate of drug-likeness (QED) is 0.873. The molecule has 1 saturated carbocycles. The van der Waals surface area contributed by atoms with Crippen LogP contribution >= 0.6 is 0 Å². The second kappa shape index (κ2) is 6.66. The van der Waals surface area contributed by atoms with Crippen molar-refractivity contribution in [1.82, 2.24) is 15.1 Å². The minimum atomic E-state index is -0.921. The maximum Gasteiger partial charge on any atom is 0.305 e. The number of hydrogen-bond acceptors (Lipinski definition) is 3. The normalized spacial score (nSPS) is 15.9. The third kappa shape index (κ3) is 3.70. The largest absolute Gasteiger partial charge is 0.481 e. The number of nitrogens with one attached hydrogen (secondary N) is 1. The van der Waals surface area contributed by atoms with Crippen molar-refractivity contribution in [3.63, 3.8) is 0 Å². The number of hydrogen-bond donors (Lipinski definition) is 2. The summed E-state index contributed by atoms with van der Waals surface area (Å²) >= 11 is 0. The number of halogens is 1. The SMILES string of the molecule is Cn1nc(C(=O)NC2(CC(=O)O)CCCC2)cc1-c1ccc(F)cc1. The van der Waals surface area contributed by atoms with Crippen molar-refractivity contribution in [2.75, 3.05) is 0 Å². The maximum absolute atomic E-state index is 13.1. The van der Waals surface area contributed by atoms with Gasteiger partial charge in [0.15, 0.2) is 5.69 Å². The molecule has 1 aliphatic rings. The number of benzene rings is 1. The molecule has 2 aromatic rings. The maximum atomic E-state index is 13.1. The zero-order chi connectivity index (χ0) is 18.0. The van der Waals surface area contributed by atoms with Gasteiger partial charge in [-0.25, -0.2) is 4.39 Å². The zero-order valence-corrected chi connectivity index (χ0v) is 14.0. The van der Waals surface area contributed by atoms with Gasteiger partial charge in [0.25, 0.3) is 5.91 Å². The Hall–Kier alpha value is -2.70. The molecular formula is C18H20FN3O3. The number of aliphatic carboxylic acids is 1. The molecule has 2 N–H and O–H groups in total. The Labute approximate surface area is 144 Å². The van der Waals surface area contributed by atoms with Gasteiger partial charge in [0, 0.05) is 7.05 Å². The molecule has 0 bridgehead atoms. The Morgan fingerprint density at radius 2 is 1.92 bits per heavy atom. The number of carboxylic acids is 1. The standard InChI is InChI=1S/C18H20FN3O3/c1-22-15(12-4-6-13(19)7-5-12)10-14(21-22)17(25)20-18(11-16(23)24)8-2-3-9-18/h4-7,10H,2-3,8-9,11H2,1H3,(H,20,25)(H,23,24). The van der Waals surface area contributed by atoms with Gasteiger partial charge in [-0.05, 0) is 48.7 Å². The van der Waals surface area contributed by atoms with Crippen LogP contribution < -0.4 is 5.32 Å². The van der Waals surface area contributed by atoms with Gasteiger partial charge in [-0.2, -0.15) is 5.10 Å². The number of nitrogens with zero attached hydrogens (tertiary/aromatic N) is 2. The van der Waals surface area contributed by atoms with E-state index in [1.807, 2.05) is 0 Å². The zero-order valence-electron chi connectivity index (χ0n) is 14.0. The van der Waals surface area contributed by atoms with E-state index in [9.17, 15) is 14.0 Å². The van der Waals surface area contributed by atoms with Gasteiger partial charge < -0.3 is 10.4 Å². The molecule has 0 atom stereocenters. The van der Waals surface area contributed by atoms with Crippen LogP contribution in [-0.4, -0.2) is 32.3 Å². The number of carbonyl (C=O) groups excluding carboxylic acids is 1. The third-order valence-corrected chi connectivity index (χ3v) is 4.68. The smallest absolute Gasteiger partial charge is 0.305 e. The first-order chi connectivity index (χ1) is 11.9. The molecule has 1 aromatic carbocycles. The van der Waals surface area contributed by atoms with Gasteiger partial charge in [-0.3, -0.25) is 14.3 Å². The number of carbonyl (C=O) groups is 2. The van der Waals surface area contributed by atoms with E-state index < -0.39 is 11.5 Å². The highest BCUT2D eigenvalue weighted by Gasteiger charge is 2.38. The second-order valence-corrected chi connectivity index (χ2v) is 6.56. The predicted octanol–water partition coefficient (Wildman–Crippen LogP) is 2.74.